The van der Waals surface area contributed by atoms with E-state index in [0.29, 0.717) is 12.1 Å². The van der Waals surface area contributed by atoms with Crippen molar-refractivity contribution in [3.8, 4) is 5.75 Å². The number of hydrogen-bond donors (Lipinski definition) is 0. The standard InChI is InChI=1S/C17H16N2O6S/c1-11-9-13-10-16(7-8-17(13)18(11)12(2)20)26(23,24)25-15-5-3-14(4-6-15)19(21)22/h3-8,10-11H,9H2,1-2H3/t11-/m0/s1. The van der Waals surface area contributed by atoms with Crippen molar-refractivity contribution in [2.45, 2.75) is 31.2 Å². The van der Waals surface area contributed by atoms with Gasteiger partial charge in [-0.05, 0) is 49.2 Å². The van der Waals surface area contributed by atoms with Gasteiger partial charge in [-0.25, -0.2) is 0 Å². The summed E-state index contributed by atoms with van der Waals surface area (Å²) in [5.41, 5.74) is 1.28. The van der Waals surface area contributed by atoms with Crippen LogP contribution in [0.1, 0.15) is 19.4 Å². The van der Waals surface area contributed by atoms with Crippen LogP contribution in [0.25, 0.3) is 0 Å². The van der Waals surface area contributed by atoms with Crippen LogP contribution < -0.4 is 9.08 Å². The summed E-state index contributed by atoms with van der Waals surface area (Å²) in [5, 5.41) is 10.6. The van der Waals surface area contributed by atoms with Crippen LogP contribution in [-0.2, 0) is 21.3 Å². The van der Waals surface area contributed by atoms with Crippen LogP contribution in [0.3, 0.4) is 0 Å². The van der Waals surface area contributed by atoms with E-state index in [4.69, 9.17) is 4.18 Å². The number of rotatable bonds is 4. The lowest BCUT2D eigenvalue weighted by molar-refractivity contribution is -0.384. The van der Waals surface area contributed by atoms with Gasteiger partial charge < -0.3 is 9.08 Å². The van der Waals surface area contributed by atoms with Gasteiger partial charge in [0.15, 0.2) is 0 Å². The summed E-state index contributed by atoms with van der Waals surface area (Å²) in [4.78, 5) is 23.4. The van der Waals surface area contributed by atoms with Crippen LogP contribution in [0, 0.1) is 10.1 Å². The molecule has 1 heterocycles. The van der Waals surface area contributed by atoms with E-state index in [1.54, 1.807) is 11.0 Å². The van der Waals surface area contributed by atoms with Gasteiger partial charge in [-0.15, -0.1) is 0 Å². The summed E-state index contributed by atoms with van der Waals surface area (Å²) in [7, 11) is -4.10. The number of carbonyl (C=O) groups is 1. The predicted molar refractivity (Wildman–Crippen MR) is 93.7 cm³/mol. The Bertz CT molecular complexity index is 985. The minimum atomic E-state index is -4.10. The molecule has 1 amide bonds. The maximum Gasteiger partial charge on any atom is 0.339 e. The highest BCUT2D eigenvalue weighted by atomic mass is 32.2. The van der Waals surface area contributed by atoms with Crippen molar-refractivity contribution in [2.75, 3.05) is 4.90 Å². The van der Waals surface area contributed by atoms with Gasteiger partial charge in [-0.3, -0.25) is 14.9 Å². The summed E-state index contributed by atoms with van der Waals surface area (Å²) in [5.74, 6) is -0.121. The molecule has 0 spiro atoms. The van der Waals surface area contributed by atoms with Crippen LogP contribution in [0.5, 0.6) is 5.75 Å². The number of nitrogens with zero attached hydrogens (tertiary/aromatic N) is 2. The highest BCUT2D eigenvalue weighted by Crippen LogP contribution is 2.34. The van der Waals surface area contributed by atoms with Gasteiger partial charge in [-0.2, -0.15) is 8.42 Å². The summed E-state index contributed by atoms with van der Waals surface area (Å²) < 4.78 is 30.0. The normalized spacial score (nSPS) is 16.2. The molecule has 0 saturated heterocycles. The average Bonchev–Trinajstić information content (AvgIpc) is 2.89. The fourth-order valence-electron chi connectivity index (χ4n) is 3.04. The quantitative estimate of drug-likeness (QED) is 0.461. The van der Waals surface area contributed by atoms with Crippen LogP contribution in [0.15, 0.2) is 47.4 Å². The third-order valence-electron chi connectivity index (χ3n) is 4.15. The molecule has 136 valence electrons. The Morgan fingerprint density at radius 1 is 1.23 bits per heavy atom. The zero-order valence-electron chi connectivity index (χ0n) is 14.1. The lowest BCUT2D eigenvalue weighted by atomic mass is 10.1. The lowest BCUT2D eigenvalue weighted by Gasteiger charge is -2.20. The topological polar surface area (TPSA) is 107 Å². The summed E-state index contributed by atoms with van der Waals surface area (Å²) in [6.07, 6.45) is 0.551. The molecule has 26 heavy (non-hydrogen) atoms. The fourth-order valence-corrected chi connectivity index (χ4v) is 4.02. The van der Waals surface area contributed by atoms with Gasteiger partial charge >= 0.3 is 10.1 Å². The smallest absolute Gasteiger partial charge is 0.339 e. The number of amides is 1. The molecule has 9 heteroatoms. The van der Waals surface area contributed by atoms with Crippen molar-refractivity contribution in [3.05, 3.63) is 58.1 Å². The van der Waals surface area contributed by atoms with E-state index in [2.05, 4.69) is 0 Å². The van der Waals surface area contributed by atoms with Gasteiger partial charge in [0, 0.05) is 30.8 Å². The Morgan fingerprint density at radius 2 is 1.88 bits per heavy atom. The molecule has 0 aromatic heterocycles. The molecular formula is C17H16N2O6S. The summed E-state index contributed by atoms with van der Waals surface area (Å²) in [6, 6.07) is 9.21. The molecule has 0 saturated carbocycles. The molecule has 0 aliphatic carbocycles. The lowest BCUT2D eigenvalue weighted by Crippen LogP contribution is -2.33. The first-order chi connectivity index (χ1) is 12.2. The largest absolute Gasteiger partial charge is 0.379 e. The number of non-ortho nitro benzene ring substituents is 1. The monoisotopic (exact) mass is 376 g/mol. The van der Waals surface area contributed by atoms with Crippen LogP contribution in [0.2, 0.25) is 0 Å². The number of benzene rings is 2. The maximum absolute atomic E-state index is 12.5. The van der Waals surface area contributed by atoms with Crippen LogP contribution in [0.4, 0.5) is 11.4 Å². The van der Waals surface area contributed by atoms with E-state index in [-0.39, 0.29) is 28.3 Å². The molecule has 0 unspecified atom stereocenters. The van der Waals surface area contributed by atoms with Crippen molar-refractivity contribution in [3.63, 3.8) is 0 Å². The Hall–Kier alpha value is -2.94. The van der Waals surface area contributed by atoms with Gasteiger partial charge in [0.2, 0.25) is 5.91 Å². The molecule has 8 nitrogen and oxygen atoms in total. The molecule has 0 bridgehead atoms. The van der Waals surface area contributed by atoms with Gasteiger partial charge in [0.1, 0.15) is 10.6 Å². The molecule has 0 fully saturated rings. The van der Waals surface area contributed by atoms with E-state index in [9.17, 15) is 23.3 Å². The van der Waals surface area contributed by atoms with Gasteiger partial charge in [-0.1, -0.05) is 0 Å². The second kappa shape index (κ2) is 6.41. The molecule has 1 aliphatic heterocycles. The predicted octanol–water partition coefficient (Wildman–Crippen LogP) is 2.66. The second-order valence-corrected chi connectivity index (χ2v) is 7.57. The van der Waals surface area contributed by atoms with Gasteiger partial charge in [0.05, 0.1) is 4.92 Å². The van der Waals surface area contributed by atoms with Crippen molar-refractivity contribution >= 4 is 27.4 Å². The molecule has 1 aliphatic rings. The number of nitro groups is 1. The van der Waals surface area contributed by atoms with Gasteiger partial charge in [0.25, 0.3) is 5.69 Å². The molecular weight excluding hydrogens is 360 g/mol. The second-order valence-electron chi connectivity index (χ2n) is 6.02. The van der Waals surface area contributed by atoms with E-state index < -0.39 is 15.0 Å². The maximum atomic E-state index is 12.5. The SMILES string of the molecule is CC(=O)N1c2ccc(S(=O)(=O)Oc3ccc([N+](=O)[O-])cc3)cc2C[C@@H]1C. The third kappa shape index (κ3) is 3.25. The first kappa shape index (κ1) is 17.9. The Morgan fingerprint density at radius 3 is 2.46 bits per heavy atom. The minimum Gasteiger partial charge on any atom is -0.379 e. The fraction of sp³-hybridized carbons (Fsp3) is 0.235. The summed E-state index contributed by atoms with van der Waals surface area (Å²) in [6.45, 7) is 3.36. The Balaban J connectivity index is 1.88. The first-order valence-electron chi connectivity index (χ1n) is 7.81. The third-order valence-corrected chi connectivity index (χ3v) is 5.39. The first-order valence-corrected chi connectivity index (χ1v) is 9.21. The molecule has 2 aromatic rings. The minimum absolute atomic E-state index is 0.0187. The molecule has 1 atom stereocenters. The number of carbonyl (C=O) groups excluding carboxylic acids is 1. The average molecular weight is 376 g/mol. The van der Waals surface area contributed by atoms with Crippen LogP contribution in [-0.4, -0.2) is 25.3 Å². The number of hydrogen-bond acceptors (Lipinski definition) is 6. The highest BCUT2D eigenvalue weighted by Gasteiger charge is 2.30. The summed E-state index contributed by atoms with van der Waals surface area (Å²) >= 11 is 0. The van der Waals surface area contributed by atoms with Crippen molar-refractivity contribution in [1.29, 1.82) is 0 Å². The zero-order chi connectivity index (χ0) is 19.1. The number of nitro benzene ring substituents is 1. The number of anilines is 1. The van der Waals surface area contributed by atoms with E-state index in [1.807, 2.05) is 6.92 Å². The van der Waals surface area contributed by atoms with Crippen molar-refractivity contribution < 1.29 is 22.3 Å². The van der Waals surface area contributed by atoms with E-state index >= 15 is 0 Å². The Kier molecular flexibility index (Phi) is 4.41. The molecule has 2 aromatic carbocycles. The molecule has 0 N–H and O–H groups in total. The van der Waals surface area contributed by atoms with E-state index in [1.165, 1.54) is 43.3 Å². The van der Waals surface area contributed by atoms with Crippen molar-refractivity contribution in [2.24, 2.45) is 0 Å². The molecule has 0 radical (unpaired) electrons. The Labute approximate surface area is 150 Å². The highest BCUT2D eigenvalue weighted by molar-refractivity contribution is 7.87. The molecule has 3 rings (SSSR count). The van der Waals surface area contributed by atoms with Crippen molar-refractivity contribution in [1.82, 2.24) is 0 Å². The number of fused-ring (bicyclic) bond motifs is 1. The zero-order valence-corrected chi connectivity index (χ0v) is 14.9. The van der Waals surface area contributed by atoms with Crippen LogP contribution >= 0.6 is 0 Å². The van der Waals surface area contributed by atoms with E-state index in [0.717, 1.165) is 5.56 Å².